The van der Waals surface area contributed by atoms with Gasteiger partial charge in [-0.3, -0.25) is 4.79 Å². The molecule has 0 aromatic carbocycles. The van der Waals surface area contributed by atoms with E-state index < -0.39 is 0 Å². The number of amides is 1. The average Bonchev–Trinajstić information content (AvgIpc) is 2.15. The first-order chi connectivity index (χ1) is 4.25. The van der Waals surface area contributed by atoms with Gasteiger partial charge in [0.05, 0.1) is 6.04 Å². The Bertz CT molecular complexity index is 128. The van der Waals surface area contributed by atoms with Crippen LogP contribution in [-0.2, 0) is 4.79 Å². The lowest BCUT2D eigenvalue weighted by atomic mass is 10.3. The fraction of sp³-hybridized carbons (Fsp3) is 0.800. The number of thioether (sulfide) groups is 1. The van der Waals surface area contributed by atoms with E-state index in [2.05, 4.69) is 5.32 Å². The molecular formula is C5H10N2OS. The van der Waals surface area contributed by atoms with Crippen molar-refractivity contribution in [2.24, 2.45) is 5.73 Å². The van der Waals surface area contributed by atoms with E-state index >= 15 is 0 Å². The van der Waals surface area contributed by atoms with Crippen LogP contribution in [0.2, 0.25) is 0 Å². The number of nitrogens with one attached hydrogen (secondary N) is 1. The van der Waals surface area contributed by atoms with Crippen molar-refractivity contribution in [2.75, 3.05) is 12.8 Å². The Hall–Kier alpha value is -0.220. The monoisotopic (exact) mass is 146 g/mol. The molecule has 52 valence electrons. The van der Waals surface area contributed by atoms with Crippen molar-refractivity contribution >= 4 is 17.7 Å². The number of rotatable bonds is 1. The van der Waals surface area contributed by atoms with Crippen molar-refractivity contribution in [1.82, 2.24) is 5.32 Å². The Labute approximate surface area is 58.4 Å². The molecule has 0 aromatic heterocycles. The van der Waals surface area contributed by atoms with Gasteiger partial charge in [0, 0.05) is 11.8 Å². The molecule has 1 saturated heterocycles. The molecule has 9 heavy (non-hydrogen) atoms. The van der Waals surface area contributed by atoms with Crippen molar-refractivity contribution < 1.29 is 4.79 Å². The molecule has 4 heteroatoms. The molecule has 0 aromatic rings. The van der Waals surface area contributed by atoms with E-state index in [9.17, 15) is 4.79 Å². The second-order valence-electron chi connectivity index (χ2n) is 2.05. The maximum Gasteiger partial charge on any atom is 0.238 e. The van der Waals surface area contributed by atoms with Gasteiger partial charge in [-0.05, 0) is 6.26 Å². The van der Waals surface area contributed by atoms with Crippen LogP contribution >= 0.6 is 11.8 Å². The molecule has 1 fully saturated rings. The summed E-state index contributed by atoms with van der Waals surface area (Å²) in [6.07, 6.45) is 1.96. The molecule has 1 rings (SSSR count). The Balaban J connectivity index is 2.51. The zero-order chi connectivity index (χ0) is 6.85. The molecule has 1 aliphatic heterocycles. The zero-order valence-corrected chi connectivity index (χ0v) is 6.07. The summed E-state index contributed by atoms with van der Waals surface area (Å²) in [7, 11) is 0. The summed E-state index contributed by atoms with van der Waals surface area (Å²) in [5, 5.41) is 2.96. The topological polar surface area (TPSA) is 55.1 Å². The van der Waals surface area contributed by atoms with E-state index in [-0.39, 0.29) is 17.2 Å². The second-order valence-corrected chi connectivity index (χ2v) is 3.12. The lowest BCUT2D eigenvalue weighted by Crippen LogP contribution is -2.35. The fourth-order valence-electron chi connectivity index (χ4n) is 0.845. The summed E-state index contributed by atoms with van der Waals surface area (Å²) in [6, 6.07) is -0.292. The van der Waals surface area contributed by atoms with E-state index in [1.54, 1.807) is 11.8 Å². The van der Waals surface area contributed by atoms with Crippen molar-refractivity contribution in [2.45, 2.75) is 11.3 Å². The maximum absolute atomic E-state index is 10.7. The number of carbonyl (C=O) groups is 1. The van der Waals surface area contributed by atoms with Crippen LogP contribution in [0.4, 0.5) is 0 Å². The Morgan fingerprint density at radius 2 is 2.56 bits per heavy atom. The van der Waals surface area contributed by atoms with Gasteiger partial charge in [0.25, 0.3) is 0 Å². The molecule has 2 atom stereocenters. The molecule has 1 amide bonds. The molecule has 3 N–H and O–H groups in total. The normalized spacial score (nSPS) is 34.7. The summed E-state index contributed by atoms with van der Waals surface area (Å²) < 4.78 is 0. The highest BCUT2D eigenvalue weighted by atomic mass is 32.2. The largest absolute Gasteiger partial charge is 0.354 e. The molecule has 1 aliphatic rings. The Morgan fingerprint density at radius 1 is 1.89 bits per heavy atom. The van der Waals surface area contributed by atoms with Gasteiger partial charge in [-0.25, -0.2) is 0 Å². The van der Waals surface area contributed by atoms with Crippen LogP contribution < -0.4 is 11.1 Å². The molecule has 0 bridgehead atoms. The van der Waals surface area contributed by atoms with Crippen LogP contribution in [0.5, 0.6) is 0 Å². The third-order valence-electron chi connectivity index (χ3n) is 1.48. The summed E-state index contributed by atoms with van der Waals surface area (Å²) >= 11 is 1.64. The van der Waals surface area contributed by atoms with Gasteiger partial charge in [0.1, 0.15) is 0 Å². The average molecular weight is 146 g/mol. The van der Waals surface area contributed by atoms with Gasteiger partial charge >= 0.3 is 0 Å². The molecule has 1 heterocycles. The summed E-state index contributed by atoms with van der Waals surface area (Å²) in [6.45, 7) is 0.723. The first-order valence-electron chi connectivity index (χ1n) is 2.82. The third-order valence-corrected chi connectivity index (χ3v) is 2.55. The lowest BCUT2D eigenvalue weighted by Gasteiger charge is -2.06. The van der Waals surface area contributed by atoms with Crippen molar-refractivity contribution in [3.05, 3.63) is 0 Å². The smallest absolute Gasteiger partial charge is 0.238 e. The van der Waals surface area contributed by atoms with Gasteiger partial charge in [0.15, 0.2) is 0 Å². The Kier molecular flexibility index (Phi) is 1.97. The first kappa shape index (κ1) is 6.89. The van der Waals surface area contributed by atoms with Gasteiger partial charge in [-0.2, -0.15) is 11.8 Å². The van der Waals surface area contributed by atoms with Crippen molar-refractivity contribution in [1.29, 1.82) is 0 Å². The Morgan fingerprint density at radius 3 is 2.78 bits per heavy atom. The quantitative estimate of drug-likeness (QED) is 0.508. The minimum Gasteiger partial charge on any atom is -0.354 e. The van der Waals surface area contributed by atoms with Gasteiger partial charge in [-0.15, -0.1) is 0 Å². The van der Waals surface area contributed by atoms with Crippen LogP contribution in [0.15, 0.2) is 0 Å². The van der Waals surface area contributed by atoms with Crippen LogP contribution in [0.25, 0.3) is 0 Å². The number of hydrogen-bond donors (Lipinski definition) is 2. The van der Waals surface area contributed by atoms with Crippen molar-refractivity contribution in [3.8, 4) is 0 Å². The summed E-state index contributed by atoms with van der Waals surface area (Å²) in [5.74, 6) is -0.0191. The van der Waals surface area contributed by atoms with E-state index in [1.165, 1.54) is 0 Å². The van der Waals surface area contributed by atoms with Crippen LogP contribution in [-0.4, -0.2) is 30.0 Å². The predicted molar refractivity (Wildman–Crippen MR) is 38.3 cm³/mol. The second kappa shape index (κ2) is 2.58. The van der Waals surface area contributed by atoms with Crippen LogP contribution in [0.3, 0.4) is 0 Å². The minimum absolute atomic E-state index is 0.0191. The fourth-order valence-corrected chi connectivity index (χ4v) is 1.51. The number of hydrogen-bond acceptors (Lipinski definition) is 3. The van der Waals surface area contributed by atoms with Gasteiger partial charge in [-0.1, -0.05) is 0 Å². The minimum atomic E-state index is -0.292. The predicted octanol–water partition coefficient (Wildman–Crippen LogP) is -0.825. The molecule has 0 spiro atoms. The van der Waals surface area contributed by atoms with Gasteiger partial charge in [0.2, 0.25) is 5.91 Å². The van der Waals surface area contributed by atoms with Crippen LogP contribution in [0.1, 0.15) is 0 Å². The van der Waals surface area contributed by atoms with E-state index in [0.29, 0.717) is 0 Å². The van der Waals surface area contributed by atoms with Crippen molar-refractivity contribution in [3.63, 3.8) is 0 Å². The molecular weight excluding hydrogens is 136 g/mol. The molecule has 0 aliphatic carbocycles. The maximum atomic E-state index is 10.7. The molecule has 0 radical (unpaired) electrons. The summed E-state index contributed by atoms with van der Waals surface area (Å²) in [5.41, 5.74) is 5.50. The highest BCUT2D eigenvalue weighted by molar-refractivity contribution is 7.99. The van der Waals surface area contributed by atoms with E-state index in [0.717, 1.165) is 6.54 Å². The highest BCUT2D eigenvalue weighted by Gasteiger charge is 2.30. The van der Waals surface area contributed by atoms with E-state index in [1.807, 2.05) is 6.26 Å². The highest BCUT2D eigenvalue weighted by Crippen LogP contribution is 2.13. The zero-order valence-electron chi connectivity index (χ0n) is 5.26. The summed E-state index contributed by atoms with van der Waals surface area (Å²) in [4.78, 5) is 10.7. The standard InChI is InChI=1S/C5H10N2OS/c1-9-3-2-7-5(8)4(3)6/h3-4H,2,6H2,1H3,(H,7,8)/t3-,4+/m1/s1. The first-order valence-corrected chi connectivity index (χ1v) is 4.10. The molecule has 3 nitrogen and oxygen atoms in total. The van der Waals surface area contributed by atoms with Gasteiger partial charge < -0.3 is 11.1 Å². The lowest BCUT2D eigenvalue weighted by molar-refractivity contribution is -0.120. The molecule has 0 saturated carbocycles. The SMILES string of the molecule is CS[C@@H]1CNC(=O)[C@H]1N. The van der Waals surface area contributed by atoms with E-state index in [4.69, 9.17) is 5.73 Å². The van der Waals surface area contributed by atoms with Crippen LogP contribution in [0, 0.1) is 0 Å². The number of carbonyl (C=O) groups excluding carboxylic acids is 1. The number of nitrogens with two attached hydrogens (primary N) is 1. The molecule has 0 unspecified atom stereocenters. The third kappa shape index (κ3) is 1.19.